The summed E-state index contributed by atoms with van der Waals surface area (Å²) in [7, 11) is 0. The molecule has 0 saturated heterocycles. The van der Waals surface area contributed by atoms with Gasteiger partial charge in [-0.25, -0.2) is 4.39 Å². The van der Waals surface area contributed by atoms with Crippen molar-refractivity contribution < 1.29 is 22.7 Å². The van der Waals surface area contributed by atoms with Crippen LogP contribution in [0.2, 0.25) is 0 Å². The second-order valence-corrected chi connectivity index (χ2v) is 4.82. The largest absolute Gasteiger partial charge is 0.416 e. The van der Waals surface area contributed by atoms with Crippen LogP contribution in [0, 0.1) is 5.82 Å². The molecule has 0 aliphatic rings. The molecule has 2 aromatic rings. The number of hydrogen-bond donors (Lipinski definition) is 2. The predicted molar refractivity (Wildman–Crippen MR) is 76.0 cm³/mol. The van der Waals surface area contributed by atoms with Gasteiger partial charge in [-0.15, -0.1) is 0 Å². The highest BCUT2D eigenvalue weighted by Crippen LogP contribution is 2.32. The Labute approximate surface area is 125 Å². The van der Waals surface area contributed by atoms with E-state index in [4.69, 9.17) is 5.11 Å². The molecule has 0 unspecified atom stereocenters. The quantitative estimate of drug-likeness (QED) is 0.818. The zero-order valence-corrected chi connectivity index (χ0v) is 11.6. The molecule has 0 radical (unpaired) electrons. The van der Waals surface area contributed by atoms with Crippen molar-refractivity contribution in [3.05, 3.63) is 65.0 Å². The van der Waals surface area contributed by atoms with Crippen molar-refractivity contribution >= 4 is 5.69 Å². The van der Waals surface area contributed by atoms with E-state index in [-0.39, 0.29) is 18.7 Å². The lowest BCUT2D eigenvalue weighted by Gasteiger charge is -2.14. The van der Waals surface area contributed by atoms with Crippen molar-refractivity contribution in [1.29, 1.82) is 0 Å². The minimum Gasteiger partial charge on any atom is -0.396 e. The molecule has 22 heavy (non-hydrogen) atoms. The molecule has 2 N–H and O–H groups in total. The fraction of sp³-hybridized carbons (Fsp3) is 0.250. The van der Waals surface area contributed by atoms with Crippen molar-refractivity contribution in [3.8, 4) is 0 Å². The summed E-state index contributed by atoms with van der Waals surface area (Å²) in [6.07, 6.45) is -4.07. The Hall–Kier alpha value is -2.08. The van der Waals surface area contributed by atoms with Crippen molar-refractivity contribution in [3.63, 3.8) is 0 Å². The average molecular weight is 313 g/mol. The molecule has 0 aromatic heterocycles. The lowest BCUT2D eigenvalue weighted by Crippen LogP contribution is -2.12. The molecule has 0 amide bonds. The van der Waals surface area contributed by atoms with Gasteiger partial charge in [0.2, 0.25) is 0 Å². The first-order valence-corrected chi connectivity index (χ1v) is 6.69. The first-order chi connectivity index (χ1) is 10.4. The molecule has 2 rings (SSSR count). The lowest BCUT2D eigenvalue weighted by molar-refractivity contribution is -0.138. The first-order valence-electron chi connectivity index (χ1n) is 6.69. The number of nitrogens with one attached hydrogen (secondary N) is 1. The summed E-state index contributed by atoms with van der Waals surface area (Å²) in [4.78, 5) is 0. The highest BCUT2D eigenvalue weighted by molar-refractivity contribution is 5.46. The van der Waals surface area contributed by atoms with Crippen molar-refractivity contribution in [1.82, 2.24) is 0 Å². The van der Waals surface area contributed by atoms with Crippen LogP contribution in [0.5, 0.6) is 0 Å². The molecule has 0 aliphatic carbocycles. The molecule has 0 aliphatic heterocycles. The Morgan fingerprint density at radius 3 is 2.27 bits per heavy atom. The van der Waals surface area contributed by atoms with Gasteiger partial charge in [0.25, 0.3) is 0 Å². The van der Waals surface area contributed by atoms with Gasteiger partial charge in [0, 0.05) is 18.8 Å². The number of rotatable bonds is 5. The molecular formula is C16H15F4NO. The molecule has 2 nitrogen and oxygen atoms in total. The second-order valence-electron chi connectivity index (χ2n) is 4.82. The fourth-order valence-corrected chi connectivity index (χ4v) is 2.08. The van der Waals surface area contributed by atoms with E-state index in [0.717, 1.165) is 17.7 Å². The molecule has 0 saturated carbocycles. The monoisotopic (exact) mass is 313 g/mol. The molecule has 0 bridgehead atoms. The van der Waals surface area contributed by atoms with E-state index < -0.39 is 17.6 Å². The molecule has 6 heteroatoms. The maximum atomic E-state index is 13.0. The third-order valence-corrected chi connectivity index (χ3v) is 3.21. The zero-order valence-electron chi connectivity index (χ0n) is 11.6. The number of benzene rings is 2. The number of halogens is 4. The van der Waals surface area contributed by atoms with E-state index in [1.165, 1.54) is 0 Å². The van der Waals surface area contributed by atoms with Crippen LogP contribution in [0.3, 0.4) is 0 Å². The molecular weight excluding hydrogens is 298 g/mol. The van der Waals surface area contributed by atoms with Gasteiger partial charge in [-0.1, -0.05) is 18.2 Å². The Balaban J connectivity index is 2.11. The highest BCUT2D eigenvalue weighted by atomic mass is 19.4. The maximum absolute atomic E-state index is 13.0. The molecule has 0 fully saturated rings. The van der Waals surface area contributed by atoms with Crippen molar-refractivity contribution in [2.75, 3.05) is 11.9 Å². The summed E-state index contributed by atoms with van der Waals surface area (Å²) < 4.78 is 51.6. The molecule has 118 valence electrons. The van der Waals surface area contributed by atoms with E-state index >= 15 is 0 Å². The standard InChI is InChI=1S/C16H15F4NO/c17-13-4-3-12(15(9-13)16(18,19)20)10-21-14-5-1-11(2-6-14)7-8-22/h1-6,9,21-22H,7-8,10H2. The van der Waals surface area contributed by atoms with Gasteiger partial charge in [0.05, 0.1) is 5.56 Å². The van der Waals surface area contributed by atoms with E-state index in [2.05, 4.69) is 5.32 Å². The summed E-state index contributed by atoms with van der Waals surface area (Å²) >= 11 is 0. The maximum Gasteiger partial charge on any atom is 0.416 e. The Morgan fingerprint density at radius 2 is 1.68 bits per heavy atom. The Kier molecular flexibility index (Phi) is 5.03. The summed E-state index contributed by atoms with van der Waals surface area (Å²) in [6.45, 7) is -0.0221. The van der Waals surface area contributed by atoms with E-state index in [0.29, 0.717) is 18.2 Å². The number of aliphatic hydroxyl groups is 1. The first kappa shape index (κ1) is 16.3. The van der Waals surface area contributed by atoms with Crippen LogP contribution >= 0.6 is 0 Å². The van der Waals surface area contributed by atoms with Crippen LogP contribution in [-0.2, 0) is 19.1 Å². The van der Waals surface area contributed by atoms with Crippen LogP contribution < -0.4 is 5.32 Å². The average Bonchev–Trinajstić information content (AvgIpc) is 2.47. The number of hydrogen-bond acceptors (Lipinski definition) is 2. The van der Waals surface area contributed by atoms with Crippen LogP contribution in [0.4, 0.5) is 23.2 Å². The second kappa shape index (κ2) is 6.79. The van der Waals surface area contributed by atoms with E-state index in [9.17, 15) is 17.6 Å². The van der Waals surface area contributed by atoms with Crippen LogP contribution in [0.1, 0.15) is 16.7 Å². The van der Waals surface area contributed by atoms with Gasteiger partial charge in [-0.2, -0.15) is 13.2 Å². The summed E-state index contributed by atoms with van der Waals surface area (Å²) in [6, 6.07) is 9.66. The van der Waals surface area contributed by atoms with E-state index in [1.54, 1.807) is 24.3 Å². The number of anilines is 1. The molecule has 0 atom stereocenters. The molecule has 0 heterocycles. The van der Waals surface area contributed by atoms with Gasteiger partial charge >= 0.3 is 6.18 Å². The lowest BCUT2D eigenvalue weighted by atomic mass is 10.1. The number of aliphatic hydroxyl groups excluding tert-OH is 1. The topological polar surface area (TPSA) is 32.3 Å². The summed E-state index contributed by atoms with van der Waals surface area (Å²) in [5.41, 5.74) is 0.593. The smallest absolute Gasteiger partial charge is 0.396 e. The summed E-state index contributed by atoms with van der Waals surface area (Å²) in [5, 5.41) is 11.7. The third kappa shape index (κ3) is 4.21. The SMILES string of the molecule is OCCc1ccc(NCc2ccc(F)cc2C(F)(F)F)cc1. The van der Waals surface area contributed by atoms with Crippen LogP contribution in [0.15, 0.2) is 42.5 Å². The minimum absolute atomic E-state index is 0.0201. The van der Waals surface area contributed by atoms with Crippen molar-refractivity contribution in [2.45, 2.75) is 19.1 Å². The number of alkyl halides is 3. The molecule has 0 spiro atoms. The summed E-state index contributed by atoms with van der Waals surface area (Å²) in [5.74, 6) is -0.913. The van der Waals surface area contributed by atoms with Gasteiger partial charge < -0.3 is 10.4 Å². The Morgan fingerprint density at radius 1 is 1.00 bits per heavy atom. The van der Waals surface area contributed by atoms with Gasteiger partial charge in [0.1, 0.15) is 5.82 Å². The minimum atomic E-state index is -4.59. The van der Waals surface area contributed by atoms with Crippen LogP contribution in [0.25, 0.3) is 0 Å². The fourth-order valence-electron chi connectivity index (χ4n) is 2.08. The predicted octanol–water partition coefficient (Wildman–Crippen LogP) is 3.99. The third-order valence-electron chi connectivity index (χ3n) is 3.21. The zero-order chi connectivity index (χ0) is 16.2. The molecule has 2 aromatic carbocycles. The van der Waals surface area contributed by atoms with E-state index in [1.807, 2.05) is 0 Å². The van der Waals surface area contributed by atoms with Gasteiger partial charge in [0.15, 0.2) is 0 Å². The highest BCUT2D eigenvalue weighted by Gasteiger charge is 2.33. The Bertz CT molecular complexity index is 623. The van der Waals surface area contributed by atoms with Gasteiger partial charge in [-0.3, -0.25) is 0 Å². The van der Waals surface area contributed by atoms with Crippen molar-refractivity contribution in [2.24, 2.45) is 0 Å². The van der Waals surface area contributed by atoms with Crippen LogP contribution in [-0.4, -0.2) is 11.7 Å². The van der Waals surface area contributed by atoms with Gasteiger partial charge in [-0.05, 0) is 41.8 Å². The normalized spacial score (nSPS) is 11.5.